The van der Waals surface area contributed by atoms with Gasteiger partial charge >= 0.3 is 0 Å². The molecule has 88 valence electrons. The fraction of sp³-hybridized carbons (Fsp3) is 0.600. The molecule has 1 saturated heterocycles. The van der Waals surface area contributed by atoms with Crippen molar-refractivity contribution in [2.24, 2.45) is 5.92 Å². The first-order valence-corrected chi connectivity index (χ1v) is 7.02. The summed E-state index contributed by atoms with van der Waals surface area (Å²) in [7, 11) is -1.11. The third-order valence-electron chi connectivity index (χ3n) is 2.59. The SMILES string of the molecule is O=S(CC1CCCNC1)c1ncc(Cl)cn1. The predicted octanol–water partition coefficient (Wildman–Crippen LogP) is 1.24. The number of nitrogens with one attached hydrogen (secondary N) is 1. The van der Waals surface area contributed by atoms with Crippen molar-refractivity contribution in [2.75, 3.05) is 18.8 Å². The third-order valence-corrected chi connectivity index (χ3v) is 4.17. The third kappa shape index (κ3) is 3.23. The van der Waals surface area contributed by atoms with Crippen LogP contribution >= 0.6 is 11.6 Å². The monoisotopic (exact) mass is 259 g/mol. The molecule has 1 aliphatic rings. The normalized spacial score (nSPS) is 22.9. The van der Waals surface area contributed by atoms with E-state index in [9.17, 15) is 4.21 Å². The average molecular weight is 260 g/mol. The minimum Gasteiger partial charge on any atom is -0.316 e. The maximum absolute atomic E-state index is 11.9. The molecule has 0 amide bonds. The van der Waals surface area contributed by atoms with E-state index < -0.39 is 10.8 Å². The lowest BCUT2D eigenvalue weighted by Gasteiger charge is -2.21. The largest absolute Gasteiger partial charge is 0.316 e. The number of halogens is 1. The Morgan fingerprint density at radius 1 is 1.50 bits per heavy atom. The van der Waals surface area contributed by atoms with Crippen LogP contribution in [0.4, 0.5) is 0 Å². The van der Waals surface area contributed by atoms with Crippen molar-refractivity contribution in [2.45, 2.75) is 18.0 Å². The Morgan fingerprint density at radius 3 is 2.88 bits per heavy atom. The number of aromatic nitrogens is 2. The first-order valence-electron chi connectivity index (χ1n) is 5.32. The summed E-state index contributed by atoms with van der Waals surface area (Å²) in [5, 5.41) is 4.16. The summed E-state index contributed by atoms with van der Waals surface area (Å²) >= 11 is 5.67. The smallest absolute Gasteiger partial charge is 0.218 e. The second kappa shape index (κ2) is 5.70. The molecular weight excluding hydrogens is 246 g/mol. The fourth-order valence-electron chi connectivity index (χ4n) is 1.77. The molecule has 1 aliphatic heterocycles. The maximum Gasteiger partial charge on any atom is 0.218 e. The van der Waals surface area contributed by atoms with Gasteiger partial charge in [-0.3, -0.25) is 4.21 Å². The number of hydrogen-bond donors (Lipinski definition) is 1. The van der Waals surface area contributed by atoms with Crippen molar-refractivity contribution >= 4 is 22.4 Å². The lowest BCUT2D eigenvalue weighted by Crippen LogP contribution is -2.32. The zero-order chi connectivity index (χ0) is 11.4. The Kier molecular flexibility index (Phi) is 4.26. The van der Waals surface area contributed by atoms with Crippen LogP contribution in [-0.2, 0) is 10.8 Å². The predicted molar refractivity (Wildman–Crippen MR) is 63.9 cm³/mol. The molecule has 0 saturated carbocycles. The second-order valence-electron chi connectivity index (χ2n) is 3.91. The lowest BCUT2D eigenvalue weighted by atomic mass is 10.0. The van der Waals surface area contributed by atoms with Gasteiger partial charge in [-0.1, -0.05) is 11.6 Å². The van der Waals surface area contributed by atoms with Crippen LogP contribution in [0.1, 0.15) is 12.8 Å². The molecule has 1 fully saturated rings. The minimum absolute atomic E-state index is 0.384. The number of hydrogen-bond acceptors (Lipinski definition) is 4. The quantitative estimate of drug-likeness (QED) is 0.830. The molecule has 1 N–H and O–H groups in total. The average Bonchev–Trinajstić information content (AvgIpc) is 2.31. The number of piperidine rings is 1. The minimum atomic E-state index is -1.11. The second-order valence-corrected chi connectivity index (χ2v) is 5.73. The highest BCUT2D eigenvalue weighted by molar-refractivity contribution is 7.84. The summed E-state index contributed by atoms with van der Waals surface area (Å²) < 4.78 is 11.9. The Labute approximate surface area is 102 Å². The molecule has 2 unspecified atom stereocenters. The zero-order valence-corrected chi connectivity index (χ0v) is 10.4. The van der Waals surface area contributed by atoms with E-state index in [-0.39, 0.29) is 0 Å². The van der Waals surface area contributed by atoms with E-state index in [0.29, 0.717) is 21.8 Å². The van der Waals surface area contributed by atoms with Crippen molar-refractivity contribution in [1.82, 2.24) is 15.3 Å². The standard InChI is InChI=1S/C10H14ClN3OS/c11-9-5-13-10(14-6-9)16(15)7-8-2-1-3-12-4-8/h5-6,8,12H,1-4,7H2. The Hall–Kier alpha value is -0.520. The maximum atomic E-state index is 11.9. The molecule has 16 heavy (non-hydrogen) atoms. The van der Waals surface area contributed by atoms with Crippen molar-refractivity contribution in [3.05, 3.63) is 17.4 Å². The molecule has 0 bridgehead atoms. The highest BCUT2D eigenvalue weighted by atomic mass is 35.5. The molecule has 1 aromatic rings. The lowest BCUT2D eigenvalue weighted by molar-refractivity contribution is 0.407. The molecule has 2 rings (SSSR count). The van der Waals surface area contributed by atoms with Gasteiger partial charge in [-0.2, -0.15) is 0 Å². The highest BCUT2D eigenvalue weighted by Gasteiger charge is 2.18. The topological polar surface area (TPSA) is 54.9 Å². The summed E-state index contributed by atoms with van der Waals surface area (Å²) in [6, 6.07) is 0. The molecule has 2 atom stereocenters. The van der Waals surface area contributed by atoms with Crippen LogP contribution in [0.5, 0.6) is 0 Å². The summed E-state index contributed by atoms with van der Waals surface area (Å²) in [6.45, 7) is 2.01. The molecule has 0 aliphatic carbocycles. The summed E-state index contributed by atoms with van der Waals surface area (Å²) in [6.07, 6.45) is 5.26. The van der Waals surface area contributed by atoms with E-state index >= 15 is 0 Å². The van der Waals surface area contributed by atoms with Crippen molar-refractivity contribution in [3.8, 4) is 0 Å². The van der Waals surface area contributed by atoms with Crippen molar-refractivity contribution in [1.29, 1.82) is 0 Å². The van der Waals surface area contributed by atoms with Gasteiger partial charge < -0.3 is 5.32 Å². The van der Waals surface area contributed by atoms with Crippen LogP contribution in [0, 0.1) is 5.92 Å². The van der Waals surface area contributed by atoms with Crippen LogP contribution in [0.15, 0.2) is 17.6 Å². The highest BCUT2D eigenvalue weighted by Crippen LogP contribution is 2.14. The van der Waals surface area contributed by atoms with Gasteiger partial charge in [-0.05, 0) is 31.8 Å². The van der Waals surface area contributed by atoms with Crippen LogP contribution < -0.4 is 5.32 Å². The van der Waals surface area contributed by atoms with Gasteiger partial charge in [0.2, 0.25) is 5.16 Å². The first-order chi connectivity index (χ1) is 7.75. The van der Waals surface area contributed by atoms with Gasteiger partial charge in [-0.15, -0.1) is 0 Å². The first kappa shape index (κ1) is 12.0. The van der Waals surface area contributed by atoms with E-state index in [2.05, 4.69) is 15.3 Å². The van der Waals surface area contributed by atoms with Gasteiger partial charge in [0.1, 0.15) is 0 Å². The van der Waals surface area contributed by atoms with Crippen molar-refractivity contribution < 1.29 is 4.21 Å². The molecule has 1 aromatic heterocycles. The Balaban J connectivity index is 1.94. The molecule has 0 radical (unpaired) electrons. The van der Waals surface area contributed by atoms with E-state index in [1.807, 2.05) is 0 Å². The Morgan fingerprint density at radius 2 is 2.25 bits per heavy atom. The molecule has 4 nitrogen and oxygen atoms in total. The summed E-state index contributed by atoms with van der Waals surface area (Å²) in [5.74, 6) is 1.10. The molecule has 6 heteroatoms. The van der Waals surface area contributed by atoms with E-state index in [1.165, 1.54) is 12.4 Å². The molecular formula is C10H14ClN3OS. The van der Waals surface area contributed by atoms with Crippen LogP contribution in [-0.4, -0.2) is 33.0 Å². The van der Waals surface area contributed by atoms with E-state index in [0.717, 1.165) is 25.9 Å². The van der Waals surface area contributed by atoms with Gasteiger partial charge in [0, 0.05) is 5.75 Å². The van der Waals surface area contributed by atoms with Gasteiger partial charge in [0.05, 0.1) is 28.2 Å². The summed E-state index contributed by atoms with van der Waals surface area (Å²) in [4.78, 5) is 7.96. The number of rotatable bonds is 3. The molecule has 2 heterocycles. The zero-order valence-electron chi connectivity index (χ0n) is 8.86. The number of nitrogens with zero attached hydrogens (tertiary/aromatic N) is 2. The summed E-state index contributed by atoms with van der Waals surface area (Å²) in [5.41, 5.74) is 0. The van der Waals surface area contributed by atoms with E-state index in [4.69, 9.17) is 11.6 Å². The van der Waals surface area contributed by atoms with Crippen molar-refractivity contribution in [3.63, 3.8) is 0 Å². The fourth-order valence-corrected chi connectivity index (χ4v) is 3.07. The molecule has 0 aromatic carbocycles. The van der Waals surface area contributed by atoms with Crippen LogP contribution in [0.25, 0.3) is 0 Å². The molecule has 0 spiro atoms. The van der Waals surface area contributed by atoms with Gasteiger partial charge in [0.25, 0.3) is 0 Å². The van der Waals surface area contributed by atoms with Gasteiger partial charge in [-0.25, -0.2) is 9.97 Å². The van der Waals surface area contributed by atoms with E-state index in [1.54, 1.807) is 0 Å². The van der Waals surface area contributed by atoms with Crippen LogP contribution in [0.2, 0.25) is 5.02 Å². The van der Waals surface area contributed by atoms with Gasteiger partial charge in [0.15, 0.2) is 0 Å². The van der Waals surface area contributed by atoms with Crippen LogP contribution in [0.3, 0.4) is 0 Å². The Bertz CT molecular complexity index is 365.